The number of aromatic nitrogens is 2. The zero-order chi connectivity index (χ0) is 24.5. The molecule has 11 heteroatoms. The molecule has 2 heterocycles. The smallest absolute Gasteiger partial charge is 0.389 e. The molecule has 0 bridgehead atoms. The third-order valence-corrected chi connectivity index (χ3v) is 6.34. The highest BCUT2D eigenvalue weighted by Gasteiger charge is 2.36. The quantitative estimate of drug-likeness (QED) is 0.513. The molecule has 3 atom stereocenters. The maximum absolute atomic E-state index is 12.7. The summed E-state index contributed by atoms with van der Waals surface area (Å²) in [6.07, 6.45) is -2.95. The molecule has 34 heavy (non-hydrogen) atoms. The first-order chi connectivity index (χ1) is 16.1. The van der Waals surface area contributed by atoms with Crippen LogP contribution in [-0.4, -0.2) is 57.4 Å². The average molecular weight is 479 g/mol. The summed E-state index contributed by atoms with van der Waals surface area (Å²) in [6.45, 7) is 2.28. The van der Waals surface area contributed by atoms with E-state index < -0.39 is 24.5 Å². The van der Waals surface area contributed by atoms with Gasteiger partial charge in [0, 0.05) is 42.9 Å². The number of aryl methyl sites for hydroxylation is 1. The number of hydrogen-bond donors (Lipinski definition) is 4. The van der Waals surface area contributed by atoms with Crippen molar-refractivity contribution in [2.45, 2.75) is 57.3 Å². The van der Waals surface area contributed by atoms with Crippen LogP contribution in [0.25, 0.3) is 11.3 Å². The van der Waals surface area contributed by atoms with Crippen LogP contribution >= 0.6 is 0 Å². The molecule has 4 rings (SSSR count). The summed E-state index contributed by atoms with van der Waals surface area (Å²) < 4.78 is 38.0. The second kappa shape index (κ2) is 9.65. The van der Waals surface area contributed by atoms with Gasteiger partial charge in [-0.05, 0) is 56.2 Å². The van der Waals surface area contributed by atoms with Gasteiger partial charge in [-0.15, -0.1) is 0 Å². The molecule has 184 valence electrons. The van der Waals surface area contributed by atoms with E-state index in [9.17, 15) is 23.1 Å². The highest BCUT2D eigenvalue weighted by atomic mass is 19.4. The number of alkyl halides is 3. The van der Waals surface area contributed by atoms with Crippen LogP contribution in [0.2, 0.25) is 0 Å². The Morgan fingerprint density at radius 2 is 2.03 bits per heavy atom. The minimum Gasteiger partial charge on any atom is -0.393 e. The molecule has 8 nitrogen and oxygen atoms in total. The highest BCUT2D eigenvalue weighted by Crippen LogP contribution is 2.32. The van der Waals surface area contributed by atoms with E-state index in [0.29, 0.717) is 36.7 Å². The van der Waals surface area contributed by atoms with Gasteiger partial charge in [0.15, 0.2) is 0 Å². The molecular weight excluding hydrogens is 449 g/mol. The van der Waals surface area contributed by atoms with Gasteiger partial charge in [0.25, 0.3) is 0 Å². The summed E-state index contributed by atoms with van der Waals surface area (Å²) >= 11 is 0. The fraction of sp³-hybridized carbons (Fsp3) is 0.522. The third-order valence-electron chi connectivity index (χ3n) is 6.34. The Labute approximate surface area is 195 Å². The number of benzene rings is 1. The van der Waals surface area contributed by atoms with Gasteiger partial charge >= 0.3 is 12.2 Å². The number of nitrogens with zero attached hydrogens (tertiary/aromatic N) is 3. The number of anilines is 3. The molecule has 1 aliphatic carbocycles. The molecular formula is C23H29F3N6O2. The van der Waals surface area contributed by atoms with Gasteiger partial charge in [-0.25, -0.2) is 9.78 Å². The van der Waals surface area contributed by atoms with Gasteiger partial charge in [0.1, 0.15) is 5.82 Å². The average Bonchev–Trinajstić information content (AvgIpc) is 3.36. The van der Waals surface area contributed by atoms with E-state index in [2.05, 4.69) is 20.6 Å². The van der Waals surface area contributed by atoms with Gasteiger partial charge in [-0.3, -0.25) is 0 Å². The normalized spacial score (nSPS) is 22.7. The van der Waals surface area contributed by atoms with Crippen LogP contribution in [0.1, 0.15) is 37.7 Å². The molecule has 1 aromatic carbocycles. The second-order valence-corrected chi connectivity index (χ2v) is 9.19. The van der Waals surface area contributed by atoms with Crippen molar-refractivity contribution in [2.75, 3.05) is 29.5 Å². The lowest BCUT2D eigenvalue weighted by Gasteiger charge is -2.19. The summed E-state index contributed by atoms with van der Waals surface area (Å²) in [5.41, 5.74) is 8.75. The van der Waals surface area contributed by atoms with Gasteiger partial charge in [0.05, 0.1) is 11.8 Å². The number of aliphatic hydroxyl groups is 1. The van der Waals surface area contributed by atoms with Crippen molar-refractivity contribution < 1.29 is 23.1 Å². The molecule has 0 radical (unpaired) electrons. The maximum atomic E-state index is 12.7. The molecule has 2 aliphatic rings. The Morgan fingerprint density at radius 3 is 2.74 bits per heavy atom. The summed E-state index contributed by atoms with van der Waals surface area (Å²) in [7, 11) is 0. The molecule has 2 unspecified atom stereocenters. The van der Waals surface area contributed by atoms with Crippen LogP contribution in [0.3, 0.4) is 0 Å². The van der Waals surface area contributed by atoms with Crippen molar-refractivity contribution in [3.05, 3.63) is 29.8 Å². The number of rotatable bonds is 5. The zero-order valence-corrected chi connectivity index (χ0v) is 18.9. The fourth-order valence-electron chi connectivity index (χ4n) is 4.63. The number of halogens is 3. The maximum Gasteiger partial charge on any atom is 0.389 e. The number of aliphatic hydroxyl groups excluding tert-OH is 1. The van der Waals surface area contributed by atoms with E-state index in [1.54, 1.807) is 18.2 Å². The predicted molar refractivity (Wildman–Crippen MR) is 123 cm³/mol. The number of nitrogens with two attached hydrogens (primary N) is 1. The Hall–Kier alpha value is -3.08. The van der Waals surface area contributed by atoms with Crippen molar-refractivity contribution in [3.8, 4) is 11.3 Å². The van der Waals surface area contributed by atoms with Crippen molar-refractivity contribution in [3.63, 3.8) is 0 Å². The monoisotopic (exact) mass is 478 g/mol. The van der Waals surface area contributed by atoms with E-state index in [1.165, 1.54) is 4.90 Å². The first kappa shape index (κ1) is 24.1. The van der Waals surface area contributed by atoms with Crippen LogP contribution in [0, 0.1) is 12.8 Å². The molecule has 1 saturated carbocycles. The van der Waals surface area contributed by atoms with Gasteiger partial charge in [-0.1, -0.05) is 6.07 Å². The molecule has 1 aliphatic heterocycles. The number of nitrogen functional groups attached to an aromatic ring is 1. The number of hydrogen-bond acceptors (Lipinski definition) is 6. The second-order valence-electron chi connectivity index (χ2n) is 9.19. The summed E-state index contributed by atoms with van der Waals surface area (Å²) in [4.78, 5) is 22.9. The third kappa shape index (κ3) is 6.07. The van der Waals surface area contributed by atoms with E-state index in [-0.39, 0.29) is 24.5 Å². The van der Waals surface area contributed by atoms with Gasteiger partial charge in [0.2, 0.25) is 5.95 Å². The number of carbonyl (C=O) groups excluding carboxylic acids is 1. The van der Waals surface area contributed by atoms with E-state index in [4.69, 9.17) is 5.73 Å². The van der Waals surface area contributed by atoms with Crippen LogP contribution in [0.5, 0.6) is 0 Å². The molecule has 1 saturated heterocycles. The topological polar surface area (TPSA) is 116 Å². The molecule has 5 N–H and O–H groups in total. The molecule has 0 spiro atoms. The highest BCUT2D eigenvalue weighted by molar-refractivity contribution is 5.90. The van der Waals surface area contributed by atoms with E-state index in [0.717, 1.165) is 24.0 Å². The summed E-state index contributed by atoms with van der Waals surface area (Å²) in [5, 5.41) is 15.8. The fourth-order valence-corrected chi connectivity index (χ4v) is 4.63. The van der Waals surface area contributed by atoms with Crippen molar-refractivity contribution >= 4 is 23.5 Å². The molecule has 2 aromatic rings. The zero-order valence-electron chi connectivity index (χ0n) is 18.9. The number of amides is 2. The lowest BCUT2D eigenvalue weighted by Crippen LogP contribution is -2.33. The molecule has 1 aromatic heterocycles. The lowest BCUT2D eigenvalue weighted by atomic mass is 10.0. The van der Waals surface area contributed by atoms with Crippen molar-refractivity contribution in [1.82, 2.24) is 14.9 Å². The first-order valence-corrected chi connectivity index (χ1v) is 11.4. The Bertz CT molecular complexity index is 1050. The largest absolute Gasteiger partial charge is 0.393 e. The Kier molecular flexibility index (Phi) is 6.83. The van der Waals surface area contributed by atoms with Gasteiger partial charge in [-0.2, -0.15) is 18.2 Å². The minimum absolute atomic E-state index is 0.0676. The number of nitrogens with one attached hydrogen (secondary N) is 2. The Balaban J connectivity index is 1.47. The van der Waals surface area contributed by atoms with Crippen LogP contribution in [0.15, 0.2) is 24.3 Å². The van der Waals surface area contributed by atoms with E-state index >= 15 is 0 Å². The van der Waals surface area contributed by atoms with Gasteiger partial charge < -0.3 is 26.4 Å². The molecule has 2 fully saturated rings. The summed E-state index contributed by atoms with van der Waals surface area (Å²) in [6, 6.07) is 6.62. The number of carbonyl (C=O) groups is 1. The van der Waals surface area contributed by atoms with Crippen LogP contribution < -0.4 is 16.4 Å². The van der Waals surface area contributed by atoms with Crippen LogP contribution in [0.4, 0.5) is 35.4 Å². The molecule has 2 amide bonds. The van der Waals surface area contributed by atoms with Crippen molar-refractivity contribution in [1.29, 1.82) is 0 Å². The lowest BCUT2D eigenvalue weighted by molar-refractivity contribution is -0.143. The van der Waals surface area contributed by atoms with E-state index in [1.807, 2.05) is 13.0 Å². The number of urea groups is 1. The first-order valence-electron chi connectivity index (χ1n) is 11.4. The standard InChI is InChI=1S/C23H29F3N6O2/c1-13-2-3-16(29-22(34)32-7-6-14(12-32)11-23(24,25)26)9-18(13)19-10-20(27)31-21(30-19)28-15-4-5-17(33)8-15/h2-3,9-10,14-15,17,33H,4-8,11-12H2,1H3,(H,29,34)(H3,27,28,30,31)/t14-,15?,17?/m0/s1. The predicted octanol–water partition coefficient (Wildman–Crippen LogP) is 4.17. The summed E-state index contributed by atoms with van der Waals surface area (Å²) in [5.74, 6) is 0.0820. The Morgan fingerprint density at radius 1 is 1.24 bits per heavy atom. The minimum atomic E-state index is -4.23. The van der Waals surface area contributed by atoms with Crippen LogP contribution in [-0.2, 0) is 0 Å². The SMILES string of the molecule is Cc1ccc(NC(=O)N2CC[C@@H](CC(F)(F)F)C2)cc1-c1cc(N)nc(NC2CCC(O)C2)n1. The van der Waals surface area contributed by atoms with Crippen molar-refractivity contribution in [2.24, 2.45) is 5.92 Å². The number of likely N-dealkylation sites (tertiary alicyclic amines) is 1.